The Balaban J connectivity index is 2.75. The van der Waals surface area contributed by atoms with E-state index in [9.17, 15) is 0 Å². The van der Waals surface area contributed by atoms with Gasteiger partial charge in [0, 0.05) is 0 Å². The molecule has 1 aromatic rings. The third-order valence-corrected chi connectivity index (χ3v) is 9.76. The van der Waals surface area contributed by atoms with Crippen LogP contribution in [0.4, 0.5) is 0 Å². The van der Waals surface area contributed by atoms with E-state index in [0.29, 0.717) is 0 Å². The van der Waals surface area contributed by atoms with Crippen LogP contribution in [0.25, 0.3) is 0 Å². The molecule has 0 spiro atoms. The molecule has 51 valence electrons. The van der Waals surface area contributed by atoms with Gasteiger partial charge in [0.25, 0.3) is 0 Å². The molecule has 0 aliphatic heterocycles. The SMILES string of the molecule is C[O][Zn]([Br])[c]1ccccn1. The van der Waals surface area contributed by atoms with Crippen molar-refractivity contribution in [3.05, 3.63) is 24.4 Å². The van der Waals surface area contributed by atoms with E-state index in [2.05, 4.69) is 18.6 Å². The Morgan fingerprint density at radius 2 is 2.40 bits per heavy atom. The van der Waals surface area contributed by atoms with E-state index >= 15 is 0 Å². The molecule has 0 atom stereocenters. The fourth-order valence-corrected chi connectivity index (χ4v) is 4.25. The van der Waals surface area contributed by atoms with Crippen molar-refractivity contribution in [2.75, 3.05) is 7.11 Å². The van der Waals surface area contributed by atoms with Crippen molar-refractivity contribution in [3.63, 3.8) is 0 Å². The van der Waals surface area contributed by atoms with Crippen LogP contribution in [-0.4, -0.2) is 12.1 Å². The van der Waals surface area contributed by atoms with Crippen molar-refractivity contribution in [3.8, 4) is 0 Å². The van der Waals surface area contributed by atoms with Crippen molar-refractivity contribution >= 4 is 17.9 Å². The number of halogens is 1. The van der Waals surface area contributed by atoms with Gasteiger partial charge in [-0.05, 0) is 0 Å². The Morgan fingerprint density at radius 1 is 1.60 bits per heavy atom. The zero-order chi connectivity index (χ0) is 7.40. The predicted molar refractivity (Wildman–Crippen MR) is 39.8 cm³/mol. The first-order valence-corrected chi connectivity index (χ1v) is 12.7. The predicted octanol–water partition coefficient (Wildman–Crippen LogP) is 1.20. The molecule has 10 heavy (non-hydrogen) atoms. The zero-order valence-corrected chi connectivity index (χ0v) is 10.3. The van der Waals surface area contributed by atoms with Crippen LogP contribution in [0.2, 0.25) is 0 Å². The maximum atomic E-state index is 5.20. The van der Waals surface area contributed by atoms with Gasteiger partial charge in [0.1, 0.15) is 0 Å². The molecular formula is C6H7BrNOZn. The molecule has 1 rings (SSSR count). The van der Waals surface area contributed by atoms with Gasteiger partial charge in [0.05, 0.1) is 0 Å². The summed E-state index contributed by atoms with van der Waals surface area (Å²) < 4.78 is 6.30. The Hall–Kier alpha value is 0.213. The normalized spacial score (nSPS) is 9.40. The average Bonchev–Trinajstić information content (AvgIpc) is 2.05. The molecule has 0 saturated heterocycles. The number of hydrogen-bond acceptors (Lipinski definition) is 2. The summed E-state index contributed by atoms with van der Waals surface area (Å²) in [5.74, 6) is 0. The summed E-state index contributed by atoms with van der Waals surface area (Å²) in [5.41, 5.74) is 0. The Kier molecular flexibility index (Phi) is 3.46. The molecule has 0 unspecified atom stereocenters. The average molecular weight is 254 g/mol. The van der Waals surface area contributed by atoms with Gasteiger partial charge in [-0.3, -0.25) is 0 Å². The summed E-state index contributed by atoms with van der Waals surface area (Å²) in [6, 6.07) is 5.88. The molecule has 0 aliphatic carbocycles. The molecule has 0 aromatic carbocycles. The van der Waals surface area contributed by atoms with Crippen LogP contribution in [0.1, 0.15) is 0 Å². The molecule has 4 heteroatoms. The second-order valence-corrected chi connectivity index (χ2v) is 11.6. The second-order valence-electron chi connectivity index (χ2n) is 2.00. The zero-order valence-electron chi connectivity index (χ0n) is 5.75. The van der Waals surface area contributed by atoms with Gasteiger partial charge in [-0.25, -0.2) is 0 Å². The van der Waals surface area contributed by atoms with Crippen molar-refractivity contribution in [2.45, 2.75) is 0 Å². The Labute approximate surface area is 72.3 Å². The Morgan fingerprint density at radius 3 is 2.90 bits per heavy atom. The molecule has 0 radical (unpaired) electrons. The molecule has 1 aromatic heterocycles. The standard InChI is InChI=1S/C5H4N.CH3O.BrH.Zn/c1-2-4-6-5-3-1;1-2;;/h1-4H;1H3;1H;/q;-1;;+2/p-1. The van der Waals surface area contributed by atoms with Gasteiger partial charge in [-0.2, -0.15) is 0 Å². The van der Waals surface area contributed by atoms with E-state index in [0.717, 1.165) is 4.29 Å². The molecule has 0 N–H and O–H groups in total. The van der Waals surface area contributed by atoms with Gasteiger partial charge >= 0.3 is 72.3 Å². The summed E-state index contributed by atoms with van der Waals surface area (Å²) in [7, 11) is 1.73. The van der Waals surface area contributed by atoms with Crippen LogP contribution in [0, 0.1) is 0 Å². The van der Waals surface area contributed by atoms with E-state index in [4.69, 9.17) is 3.56 Å². The quantitative estimate of drug-likeness (QED) is 0.740. The molecule has 2 nitrogen and oxygen atoms in total. The van der Waals surface area contributed by atoms with Gasteiger partial charge in [-0.15, -0.1) is 0 Å². The fraction of sp³-hybridized carbons (Fsp3) is 0.167. The first kappa shape index (κ1) is 8.31. The molecule has 0 saturated carbocycles. The minimum absolute atomic E-state index is 1.10. The molecule has 0 bridgehead atoms. The Bertz CT molecular complexity index is 194. The van der Waals surface area contributed by atoms with Crippen LogP contribution in [0.15, 0.2) is 24.4 Å². The van der Waals surface area contributed by atoms with E-state index < -0.39 is 14.4 Å². The van der Waals surface area contributed by atoms with Gasteiger partial charge in [0.15, 0.2) is 0 Å². The first-order chi connectivity index (χ1) is 4.84. The van der Waals surface area contributed by atoms with E-state index in [1.807, 2.05) is 18.2 Å². The van der Waals surface area contributed by atoms with Gasteiger partial charge in [-0.1, -0.05) is 0 Å². The van der Waals surface area contributed by atoms with Crippen molar-refractivity contribution < 1.29 is 17.9 Å². The topological polar surface area (TPSA) is 22.1 Å². The summed E-state index contributed by atoms with van der Waals surface area (Å²) >= 11 is 1.55. The van der Waals surface area contributed by atoms with Crippen LogP contribution in [0.5, 0.6) is 0 Å². The number of hydrogen-bond donors (Lipinski definition) is 0. The van der Waals surface area contributed by atoms with Gasteiger partial charge in [0.2, 0.25) is 0 Å². The summed E-state index contributed by atoms with van der Waals surface area (Å²) in [6.07, 6.45) is 1.79. The second kappa shape index (κ2) is 4.17. The van der Waals surface area contributed by atoms with Crippen LogP contribution >= 0.6 is 13.6 Å². The summed E-state index contributed by atoms with van der Waals surface area (Å²) in [6.45, 7) is 0. The van der Waals surface area contributed by atoms with Gasteiger partial charge < -0.3 is 0 Å². The minimum atomic E-state index is -1.96. The van der Waals surface area contributed by atoms with E-state index in [1.165, 1.54) is 0 Å². The van der Waals surface area contributed by atoms with E-state index in [1.54, 1.807) is 13.3 Å². The van der Waals surface area contributed by atoms with E-state index in [-0.39, 0.29) is 0 Å². The van der Waals surface area contributed by atoms with Crippen molar-refractivity contribution in [1.82, 2.24) is 4.98 Å². The van der Waals surface area contributed by atoms with Crippen LogP contribution in [0.3, 0.4) is 0 Å². The van der Waals surface area contributed by atoms with Crippen molar-refractivity contribution in [1.29, 1.82) is 0 Å². The van der Waals surface area contributed by atoms with Crippen LogP contribution in [-0.2, 0) is 17.9 Å². The molecule has 1 heterocycles. The van der Waals surface area contributed by atoms with Crippen molar-refractivity contribution in [2.24, 2.45) is 0 Å². The number of nitrogens with zero attached hydrogens (tertiary/aromatic N) is 1. The summed E-state index contributed by atoms with van der Waals surface area (Å²) in [4.78, 5) is 4.17. The third kappa shape index (κ3) is 2.12. The maximum absolute atomic E-state index is 5.20. The fourth-order valence-electron chi connectivity index (χ4n) is 0.710. The molecule has 0 amide bonds. The monoisotopic (exact) mass is 252 g/mol. The number of pyridine rings is 1. The number of rotatable bonds is 2. The summed E-state index contributed by atoms with van der Waals surface area (Å²) in [5, 5.41) is 0. The molecule has 0 fully saturated rings. The third-order valence-electron chi connectivity index (χ3n) is 1.26. The molecular weight excluding hydrogens is 247 g/mol. The first-order valence-electron chi connectivity index (χ1n) is 3.09. The molecule has 0 aliphatic rings. The van der Waals surface area contributed by atoms with Crippen LogP contribution < -0.4 is 4.29 Å². The number of aromatic nitrogens is 1.